The largest absolute Gasteiger partial charge is 0.371 e. The van der Waals surface area contributed by atoms with Crippen molar-refractivity contribution in [1.82, 2.24) is 0 Å². The molecule has 0 aliphatic carbocycles. The predicted octanol–water partition coefficient (Wildman–Crippen LogP) is 3.63. The summed E-state index contributed by atoms with van der Waals surface area (Å²) < 4.78 is 0. The Balaban J connectivity index is 1.63. The summed E-state index contributed by atoms with van der Waals surface area (Å²) in [6.07, 6.45) is 1.67. The monoisotopic (exact) mass is 265 g/mol. The van der Waals surface area contributed by atoms with Crippen LogP contribution in [0, 0.1) is 6.92 Å². The molecule has 0 saturated carbocycles. The smallest absolute Gasteiger partial charge is 0.164 e. The maximum Gasteiger partial charge on any atom is 0.164 e. The van der Waals surface area contributed by atoms with Gasteiger partial charge >= 0.3 is 0 Å². The SMILES string of the molecule is Cc1ccc(C(=O)CCN2CCc3ccccc32)cc1. The molecule has 0 fully saturated rings. The van der Waals surface area contributed by atoms with E-state index in [1.807, 2.05) is 31.2 Å². The number of nitrogens with zero attached hydrogens (tertiary/aromatic N) is 1. The van der Waals surface area contributed by atoms with Crippen LogP contribution in [0.1, 0.15) is 27.9 Å². The van der Waals surface area contributed by atoms with Gasteiger partial charge in [-0.15, -0.1) is 0 Å². The Hall–Kier alpha value is -2.09. The Bertz CT molecular complexity index is 616. The van der Waals surface area contributed by atoms with Gasteiger partial charge in [-0.1, -0.05) is 48.0 Å². The number of carbonyl (C=O) groups is 1. The summed E-state index contributed by atoms with van der Waals surface area (Å²) in [6, 6.07) is 16.3. The summed E-state index contributed by atoms with van der Waals surface area (Å²) in [5.74, 6) is 0.231. The Morgan fingerprint density at radius 2 is 1.85 bits per heavy atom. The van der Waals surface area contributed by atoms with Gasteiger partial charge in [0, 0.05) is 30.8 Å². The molecule has 0 bridgehead atoms. The van der Waals surface area contributed by atoms with Gasteiger partial charge in [0.15, 0.2) is 5.78 Å². The number of aryl methyl sites for hydroxylation is 1. The second-order valence-corrected chi connectivity index (χ2v) is 5.40. The van der Waals surface area contributed by atoms with Gasteiger partial charge in [-0.25, -0.2) is 0 Å². The predicted molar refractivity (Wildman–Crippen MR) is 82.5 cm³/mol. The normalized spacial score (nSPS) is 13.3. The van der Waals surface area contributed by atoms with Gasteiger partial charge in [0.05, 0.1) is 0 Å². The zero-order valence-electron chi connectivity index (χ0n) is 11.8. The van der Waals surface area contributed by atoms with Gasteiger partial charge in [-0.2, -0.15) is 0 Å². The molecule has 3 rings (SSSR count). The Morgan fingerprint density at radius 3 is 2.65 bits per heavy atom. The molecule has 0 aromatic heterocycles. The highest BCUT2D eigenvalue weighted by Gasteiger charge is 2.18. The molecule has 102 valence electrons. The number of hydrogen-bond donors (Lipinski definition) is 0. The third-order valence-electron chi connectivity index (χ3n) is 3.97. The average Bonchev–Trinajstić information content (AvgIpc) is 2.89. The van der Waals surface area contributed by atoms with E-state index in [2.05, 4.69) is 29.2 Å². The fraction of sp³-hybridized carbons (Fsp3) is 0.278. The van der Waals surface area contributed by atoms with Crippen LogP contribution >= 0.6 is 0 Å². The van der Waals surface area contributed by atoms with Crippen LogP contribution in [0.2, 0.25) is 0 Å². The quantitative estimate of drug-likeness (QED) is 0.787. The molecule has 0 unspecified atom stereocenters. The molecular weight excluding hydrogens is 246 g/mol. The third-order valence-corrected chi connectivity index (χ3v) is 3.97. The number of rotatable bonds is 4. The first kappa shape index (κ1) is 12.9. The van der Waals surface area contributed by atoms with Crippen LogP contribution in [-0.4, -0.2) is 18.9 Å². The maximum absolute atomic E-state index is 12.2. The molecular formula is C18H19NO. The third kappa shape index (κ3) is 2.60. The highest BCUT2D eigenvalue weighted by molar-refractivity contribution is 5.96. The maximum atomic E-state index is 12.2. The van der Waals surface area contributed by atoms with E-state index in [1.54, 1.807) is 0 Å². The fourth-order valence-corrected chi connectivity index (χ4v) is 2.76. The fourth-order valence-electron chi connectivity index (χ4n) is 2.76. The van der Waals surface area contributed by atoms with Crippen LogP contribution in [0.4, 0.5) is 5.69 Å². The van der Waals surface area contributed by atoms with Crippen molar-refractivity contribution < 1.29 is 4.79 Å². The number of benzene rings is 2. The van der Waals surface area contributed by atoms with E-state index >= 15 is 0 Å². The van der Waals surface area contributed by atoms with E-state index in [0.717, 1.165) is 25.1 Å². The van der Waals surface area contributed by atoms with E-state index in [9.17, 15) is 4.79 Å². The van der Waals surface area contributed by atoms with E-state index in [1.165, 1.54) is 16.8 Å². The minimum atomic E-state index is 0.231. The Labute approximate surface area is 120 Å². The van der Waals surface area contributed by atoms with Crippen LogP contribution in [0.5, 0.6) is 0 Å². The van der Waals surface area contributed by atoms with Crippen LogP contribution in [0.15, 0.2) is 48.5 Å². The average molecular weight is 265 g/mol. The summed E-state index contributed by atoms with van der Waals surface area (Å²) >= 11 is 0. The standard InChI is InChI=1S/C18H19NO/c1-14-6-8-16(9-7-14)18(20)11-13-19-12-10-15-4-2-3-5-17(15)19/h2-9H,10-13H2,1H3. The molecule has 0 saturated heterocycles. The molecule has 2 nitrogen and oxygen atoms in total. The number of carbonyl (C=O) groups excluding carboxylic acids is 1. The number of fused-ring (bicyclic) bond motifs is 1. The lowest BCUT2D eigenvalue weighted by molar-refractivity contribution is 0.0984. The van der Waals surface area contributed by atoms with Gasteiger partial charge in [0.1, 0.15) is 0 Å². The summed E-state index contributed by atoms with van der Waals surface area (Å²) in [4.78, 5) is 14.5. The second-order valence-electron chi connectivity index (χ2n) is 5.40. The van der Waals surface area contributed by atoms with Crippen molar-refractivity contribution >= 4 is 11.5 Å². The topological polar surface area (TPSA) is 20.3 Å². The van der Waals surface area contributed by atoms with Crippen LogP contribution in [0.3, 0.4) is 0 Å². The molecule has 0 spiro atoms. The van der Waals surface area contributed by atoms with Crippen molar-refractivity contribution in [3.05, 3.63) is 65.2 Å². The molecule has 0 atom stereocenters. The lowest BCUT2D eigenvalue weighted by Crippen LogP contribution is -2.23. The number of anilines is 1. The number of Topliss-reactive ketones (excluding diaryl/α,β-unsaturated/α-hetero) is 1. The molecule has 0 radical (unpaired) electrons. The summed E-state index contributed by atoms with van der Waals surface area (Å²) in [5.41, 5.74) is 4.71. The Kier molecular flexibility index (Phi) is 3.55. The van der Waals surface area contributed by atoms with E-state index in [4.69, 9.17) is 0 Å². The second kappa shape index (κ2) is 5.49. The lowest BCUT2D eigenvalue weighted by Gasteiger charge is -2.18. The molecule has 1 heterocycles. The van der Waals surface area contributed by atoms with Gasteiger partial charge in [0.25, 0.3) is 0 Å². The van der Waals surface area contributed by atoms with E-state index in [0.29, 0.717) is 6.42 Å². The minimum absolute atomic E-state index is 0.231. The first-order valence-electron chi connectivity index (χ1n) is 7.17. The number of hydrogen-bond acceptors (Lipinski definition) is 2. The van der Waals surface area contributed by atoms with Crippen molar-refractivity contribution in [1.29, 1.82) is 0 Å². The molecule has 2 heteroatoms. The highest BCUT2D eigenvalue weighted by atomic mass is 16.1. The zero-order valence-corrected chi connectivity index (χ0v) is 11.8. The summed E-state index contributed by atoms with van der Waals surface area (Å²) in [5, 5.41) is 0. The van der Waals surface area contributed by atoms with Crippen molar-refractivity contribution in [3.8, 4) is 0 Å². The Morgan fingerprint density at radius 1 is 1.10 bits per heavy atom. The van der Waals surface area contributed by atoms with Crippen molar-refractivity contribution in [2.45, 2.75) is 19.8 Å². The van der Waals surface area contributed by atoms with Crippen LogP contribution in [0.25, 0.3) is 0 Å². The van der Waals surface area contributed by atoms with Gasteiger partial charge in [-0.3, -0.25) is 4.79 Å². The molecule has 1 aliphatic rings. The van der Waals surface area contributed by atoms with Crippen LogP contribution < -0.4 is 4.90 Å². The first-order chi connectivity index (χ1) is 9.74. The van der Waals surface area contributed by atoms with Gasteiger partial charge in [-0.05, 0) is 25.0 Å². The number of para-hydroxylation sites is 1. The molecule has 1 aliphatic heterocycles. The molecule has 0 amide bonds. The minimum Gasteiger partial charge on any atom is -0.371 e. The highest BCUT2D eigenvalue weighted by Crippen LogP contribution is 2.27. The van der Waals surface area contributed by atoms with E-state index < -0.39 is 0 Å². The van der Waals surface area contributed by atoms with Crippen LogP contribution in [-0.2, 0) is 6.42 Å². The van der Waals surface area contributed by atoms with Gasteiger partial charge < -0.3 is 4.90 Å². The molecule has 2 aromatic rings. The lowest BCUT2D eigenvalue weighted by atomic mass is 10.1. The zero-order chi connectivity index (χ0) is 13.9. The summed E-state index contributed by atoms with van der Waals surface area (Å²) in [6.45, 7) is 3.87. The number of ketones is 1. The summed E-state index contributed by atoms with van der Waals surface area (Å²) in [7, 11) is 0. The molecule has 0 N–H and O–H groups in total. The molecule has 2 aromatic carbocycles. The van der Waals surface area contributed by atoms with E-state index in [-0.39, 0.29) is 5.78 Å². The first-order valence-corrected chi connectivity index (χ1v) is 7.17. The van der Waals surface area contributed by atoms with Gasteiger partial charge in [0.2, 0.25) is 0 Å². The molecule has 20 heavy (non-hydrogen) atoms. The van der Waals surface area contributed by atoms with Crippen molar-refractivity contribution in [2.75, 3.05) is 18.0 Å². The van der Waals surface area contributed by atoms with Crippen molar-refractivity contribution in [3.63, 3.8) is 0 Å². The van der Waals surface area contributed by atoms with Crippen molar-refractivity contribution in [2.24, 2.45) is 0 Å².